The molecule has 618 valence electrons. The number of anilines is 6. The summed E-state index contributed by atoms with van der Waals surface area (Å²) in [6, 6.07) is 15.3. The molecule has 0 radical (unpaired) electrons. The number of fused-ring (bicyclic) bond motifs is 3. The maximum atomic E-state index is 16.9. The smallest absolute Gasteiger partial charge is 0.318 e. The van der Waals surface area contributed by atoms with E-state index in [1.807, 2.05) is 20.0 Å². The first-order valence-electron chi connectivity index (χ1n) is 41.5. The Hall–Kier alpha value is -11.0. The van der Waals surface area contributed by atoms with Crippen LogP contribution in [0.5, 0.6) is 18.0 Å². The Labute approximate surface area is 696 Å². The number of amides is 3. The molecule has 9 aliphatic heterocycles. The van der Waals surface area contributed by atoms with E-state index in [1.165, 1.54) is 28.8 Å². The summed E-state index contributed by atoms with van der Waals surface area (Å²) in [5.74, 6) is 6.82. The van der Waals surface area contributed by atoms with Gasteiger partial charge in [-0.3, -0.25) is 29.2 Å². The van der Waals surface area contributed by atoms with Gasteiger partial charge in [-0.15, -0.1) is 0 Å². The van der Waals surface area contributed by atoms with E-state index in [2.05, 4.69) is 145 Å². The van der Waals surface area contributed by atoms with Crippen molar-refractivity contribution in [2.45, 2.75) is 167 Å². The molecule has 0 saturated carbocycles. The van der Waals surface area contributed by atoms with Gasteiger partial charge in [0.1, 0.15) is 43.1 Å². The van der Waals surface area contributed by atoms with Crippen LogP contribution in [-0.4, -0.2) is 257 Å². The molecular weight excluding hydrogens is 1520 g/mol. The van der Waals surface area contributed by atoms with Gasteiger partial charge >= 0.3 is 18.0 Å². The first-order chi connectivity index (χ1) is 57.1. The largest absolute Gasteiger partial charge is 0.462 e. The number of likely N-dealkylation sites (tertiary alicyclic amines) is 3. The van der Waals surface area contributed by atoms with Crippen molar-refractivity contribution in [1.82, 2.24) is 64.3 Å². The van der Waals surface area contributed by atoms with Crippen LogP contribution in [0.15, 0.2) is 62.0 Å². The number of halogens is 2. The van der Waals surface area contributed by atoms with Gasteiger partial charge in [0, 0.05) is 150 Å². The summed E-state index contributed by atoms with van der Waals surface area (Å²) in [6.45, 7) is 28.1. The van der Waals surface area contributed by atoms with E-state index in [0.29, 0.717) is 159 Å². The fraction of sp³-hybridized carbons (Fsp3) is 0.534. The van der Waals surface area contributed by atoms with Crippen LogP contribution < -0.4 is 43.6 Å². The number of pyridine rings is 1. The van der Waals surface area contributed by atoms with E-state index in [-0.39, 0.29) is 103 Å². The molecule has 2 unspecified atom stereocenters. The Bertz CT molecular complexity index is 5060. The van der Waals surface area contributed by atoms with Crippen LogP contribution in [0.3, 0.4) is 0 Å². The average molecular weight is 1620 g/mol. The Kier molecular flexibility index (Phi) is 24.9. The molecule has 30 heteroatoms. The highest BCUT2D eigenvalue weighted by Gasteiger charge is 2.41. The molecule has 6 fully saturated rings. The number of carbonyl (C=O) groups is 3. The van der Waals surface area contributed by atoms with Gasteiger partial charge in [-0.1, -0.05) is 36.7 Å². The minimum Gasteiger partial charge on any atom is -0.462 e. The zero-order valence-electron chi connectivity index (χ0n) is 69.1. The van der Waals surface area contributed by atoms with E-state index in [0.717, 1.165) is 112 Å². The second-order valence-corrected chi connectivity index (χ2v) is 33.6. The Morgan fingerprint density at radius 1 is 0.508 bits per heavy atom. The monoisotopic (exact) mass is 1620 g/mol. The third-order valence-electron chi connectivity index (χ3n) is 26.2. The van der Waals surface area contributed by atoms with Gasteiger partial charge in [0.15, 0.2) is 0 Å². The van der Waals surface area contributed by atoms with E-state index in [1.54, 1.807) is 33.9 Å². The summed E-state index contributed by atoms with van der Waals surface area (Å²) in [6.07, 6.45) is 12.1. The summed E-state index contributed by atoms with van der Waals surface area (Å²) >= 11 is 6.61. The number of likely N-dealkylation sites (N-methyl/N-ethyl adjacent to an activating group) is 3. The number of nitrogens with zero attached hydrogens (tertiary/aromatic N) is 22. The Morgan fingerprint density at radius 2 is 0.941 bits per heavy atom. The maximum absolute atomic E-state index is 16.9. The molecule has 0 spiro atoms. The van der Waals surface area contributed by atoms with Crippen molar-refractivity contribution in [1.29, 1.82) is 15.8 Å². The van der Waals surface area contributed by atoms with Crippen LogP contribution in [0.25, 0.3) is 0 Å². The molecule has 28 nitrogen and oxygen atoms in total. The fourth-order valence-electron chi connectivity index (χ4n) is 19.2. The number of hydrogen-bond acceptors (Lipinski definition) is 25. The minimum atomic E-state index is -0.404. The second-order valence-electron chi connectivity index (χ2n) is 33.2. The Balaban J connectivity index is 0.655. The van der Waals surface area contributed by atoms with Crippen molar-refractivity contribution >= 4 is 63.8 Å². The number of carbonyl (C=O) groups excluding carboxylic acids is 3. The van der Waals surface area contributed by atoms with Gasteiger partial charge in [-0.2, -0.15) is 45.7 Å². The van der Waals surface area contributed by atoms with Crippen molar-refractivity contribution < 1.29 is 33.0 Å². The first kappa shape index (κ1) is 82.2. The molecule has 15 rings (SSSR count). The number of benzene rings is 2. The maximum Gasteiger partial charge on any atom is 0.318 e. The van der Waals surface area contributed by atoms with Crippen molar-refractivity contribution in [2.75, 3.05) is 169 Å². The molecule has 0 bridgehead atoms. The van der Waals surface area contributed by atoms with Crippen LogP contribution in [0.4, 0.5) is 38.9 Å². The molecule has 6 aromatic rings. The highest BCUT2D eigenvalue weighted by atomic mass is 35.5. The van der Waals surface area contributed by atoms with E-state index in [4.69, 9.17) is 55.7 Å². The van der Waals surface area contributed by atoms with Crippen LogP contribution in [-0.2, 0) is 53.3 Å². The van der Waals surface area contributed by atoms with Crippen molar-refractivity contribution in [2.24, 2.45) is 0 Å². The predicted octanol–water partition coefficient (Wildman–Crippen LogP) is 8.56. The first-order valence-corrected chi connectivity index (χ1v) is 41.9. The Morgan fingerprint density at radius 3 is 1.38 bits per heavy atom. The predicted molar refractivity (Wildman–Crippen MR) is 449 cm³/mol. The number of nitriles is 3. The molecule has 6 saturated heterocycles. The number of piperazine rings is 3. The summed E-state index contributed by atoms with van der Waals surface area (Å²) in [5, 5.41) is 30.5. The topological polar surface area (TPSA) is 279 Å². The highest BCUT2D eigenvalue weighted by molar-refractivity contribution is 6.31. The summed E-state index contributed by atoms with van der Waals surface area (Å²) < 4.78 is 37.0. The second kappa shape index (κ2) is 35.7. The average Bonchev–Trinajstić information content (AvgIpc) is 0.832. The molecule has 4 aromatic heterocycles. The number of aryl methyl sites for hydroxylation is 1. The molecule has 0 aliphatic carbocycles. The van der Waals surface area contributed by atoms with E-state index >= 15 is 4.39 Å². The zero-order valence-corrected chi connectivity index (χ0v) is 69.9. The van der Waals surface area contributed by atoms with Crippen molar-refractivity contribution in [3.8, 4) is 48.1 Å². The molecule has 9 aliphatic rings. The van der Waals surface area contributed by atoms with Crippen molar-refractivity contribution in [3.05, 3.63) is 140 Å². The number of hydrogen-bond donors (Lipinski definition) is 0. The standard InChI is InChI=1S/C88H106ClFN22O6/c1-11-15-82(115)112-35-32-109(48-65(112)19-25-93)83-69-20-27-104(49-74(69)95-86(98-83)116-52-66-16-14-26-101(66)8)77-40-59(36-55(4)56(77)5)61-37-67(102(9)44-61)53-117-87-96-75-50-105(28-21-70(75)84(99-87)107-30-33-110(80(113)12-2)63(46-107)17-23-91)78-41-60(39-73(90)58(78)7)62-38-68(103(10)45-62)54-118-88-97-76-51-106(79-43-94-42-72(89)57(79)6)29-22-71(76)85(100-88)108-31-34-111(81(114)13-3)64(47-108)18-24-92/h12-13,36,39-43,61-68H,2-3,14,16-22,26-35,37-38,44-54H2,1,4-10H3/t61?,62?,63-,64-,65-,66-,67-,68-/m0/s1. The lowest BCUT2D eigenvalue weighted by Gasteiger charge is -2.42. The van der Waals surface area contributed by atoms with Gasteiger partial charge in [0.05, 0.1) is 109 Å². The van der Waals surface area contributed by atoms with Gasteiger partial charge in [0.2, 0.25) is 11.8 Å². The molecule has 13 heterocycles. The quantitative estimate of drug-likeness (QED) is 0.0454. The lowest BCUT2D eigenvalue weighted by atomic mass is 9.91. The minimum absolute atomic E-state index is 0.00260. The van der Waals surface area contributed by atoms with Gasteiger partial charge < -0.3 is 63.2 Å². The molecule has 118 heavy (non-hydrogen) atoms. The number of ether oxygens (including phenoxy) is 3. The third kappa shape index (κ3) is 17.1. The lowest BCUT2D eigenvalue weighted by Crippen LogP contribution is -2.55. The normalized spacial score (nSPS) is 22.9. The number of aromatic nitrogens is 7. The SMILES string of the molecule is C=CC(=O)N1CCN(c2nc(OC[C@@H]3CC(c4cc(C)c(C)c(N5CCc6c(nc(OC[C@@H]7CCCN7C)nc6N6CCN(C(=O)C#CC)[C@@H](CC#N)C6)C5)c4)CN3C)nc3c2CCN(c2cc(C4C[C@@H](COc5nc6c(c(N7CCN(C(=O)C=C)[C@@H](CC#N)C7)n5)CCN(c5cncc(Cl)c5C)C6)N(C)C4)cc(F)c2C)C3)C[C@@H]1CC#N. The van der Waals surface area contributed by atoms with Crippen molar-refractivity contribution in [3.63, 3.8) is 0 Å². The molecular formula is C88H106ClFN22O6. The van der Waals surface area contributed by atoms with Crippen LogP contribution in [0.1, 0.15) is 131 Å². The molecule has 0 N–H and O–H groups in total. The van der Waals surface area contributed by atoms with Crippen LogP contribution >= 0.6 is 11.6 Å². The third-order valence-corrected chi connectivity index (χ3v) is 26.5. The lowest BCUT2D eigenvalue weighted by molar-refractivity contribution is -0.129. The van der Waals surface area contributed by atoms with Gasteiger partial charge in [-0.05, 0) is 183 Å². The zero-order chi connectivity index (χ0) is 82.7. The highest BCUT2D eigenvalue weighted by Crippen LogP contribution is 2.43. The molecule has 8 atom stereocenters. The summed E-state index contributed by atoms with van der Waals surface area (Å²) in [4.78, 5) is 101. The molecule has 3 amide bonds. The molecule has 2 aromatic carbocycles. The van der Waals surface area contributed by atoms with Crippen LogP contribution in [0.2, 0.25) is 5.02 Å². The number of rotatable bonds is 22. The fourth-order valence-corrected chi connectivity index (χ4v) is 19.4. The van der Waals surface area contributed by atoms with Gasteiger partial charge in [0.25, 0.3) is 5.91 Å². The summed E-state index contributed by atoms with van der Waals surface area (Å²) in [7, 11) is 6.35. The van der Waals surface area contributed by atoms with Gasteiger partial charge in [-0.25, -0.2) is 4.39 Å². The van der Waals surface area contributed by atoms with Crippen LogP contribution in [0, 0.1) is 79.3 Å². The van der Waals surface area contributed by atoms with E-state index in [9.17, 15) is 30.2 Å². The summed E-state index contributed by atoms with van der Waals surface area (Å²) in [5.41, 5.74) is 14.3. The van der Waals surface area contributed by atoms with E-state index < -0.39 is 6.04 Å².